The van der Waals surface area contributed by atoms with Crippen LogP contribution in [0.25, 0.3) is 0 Å². The van der Waals surface area contributed by atoms with Gasteiger partial charge >= 0.3 is 0 Å². The van der Waals surface area contributed by atoms with Gasteiger partial charge in [-0.1, -0.05) is 19.1 Å². The molecule has 2 rings (SSSR count). The van der Waals surface area contributed by atoms with E-state index in [1.54, 1.807) is 0 Å². The van der Waals surface area contributed by atoms with Gasteiger partial charge in [-0.2, -0.15) is 0 Å². The van der Waals surface area contributed by atoms with E-state index < -0.39 is 0 Å². The Kier molecular flexibility index (Phi) is 6.30. The van der Waals surface area contributed by atoms with Gasteiger partial charge in [-0.15, -0.1) is 0 Å². The fraction of sp³-hybridized carbons (Fsp3) is 0.625. The van der Waals surface area contributed by atoms with Crippen LogP contribution in [0, 0.1) is 0 Å². The van der Waals surface area contributed by atoms with E-state index in [2.05, 4.69) is 48.3 Å². The Bertz CT molecular complexity index is 375. The number of hydrogen-bond donors (Lipinski definition) is 1. The molecular formula is C16H26N2O2. The van der Waals surface area contributed by atoms with E-state index in [4.69, 9.17) is 9.47 Å². The minimum absolute atomic E-state index is 0.391. The van der Waals surface area contributed by atoms with Gasteiger partial charge in [0.1, 0.15) is 12.4 Å². The fourth-order valence-corrected chi connectivity index (χ4v) is 2.39. The average molecular weight is 278 g/mol. The zero-order valence-electron chi connectivity index (χ0n) is 12.6. The molecule has 112 valence electrons. The number of morpholine rings is 1. The summed E-state index contributed by atoms with van der Waals surface area (Å²) >= 11 is 0. The van der Waals surface area contributed by atoms with Crippen molar-refractivity contribution in [2.75, 3.05) is 46.0 Å². The third-order valence-electron chi connectivity index (χ3n) is 3.67. The Balaban J connectivity index is 1.73. The summed E-state index contributed by atoms with van der Waals surface area (Å²) in [5.74, 6) is 0.950. The summed E-state index contributed by atoms with van der Waals surface area (Å²) < 4.78 is 11.1. The van der Waals surface area contributed by atoms with Crippen molar-refractivity contribution in [1.29, 1.82) is 0 Å². The van der Waals surface area contributed by atoms with Gasteiger partial charge in [0.15, 0.2) is 0 Å². The summed E-state index contributed by atoms with van der Waals surface area (Å²) in [7, 11) is 0. The van der Waals surface area contributed by atoms with Crippen LogP contribution >= 0.6 is 0 Å². The molecule has 0 amide bonds. The lowest BCUT2D eigenvalue weighted by Gasteiger charge is -2.26. The highest BCUT2D eigenvalue weighted by molar-refractivity contribution is 5.28. The molecule has 1 aromatic carbocycles. The van der Waals surface area contributed by atoms with Crippen LogP contribution in [0.15, 0.2) is 24.3 Å². The van der Waals surface area contributed by atoms with Crippen molar-refractivity contribution >= 4 is 0 Å². The second-order valence-corrected chi connectivity index (χ2v) is 5.15. The van der Waals surface area contributed by atoms with Gasteiger partial charge in [0.2, 0.25) is 0 Å². The number of nitrogens with one attached hydrogen (secondary N) is 1. The lowest BCUT2D eigenvalue weighted by Crippen LogP contribution is -2.38. The largest absolute Gasteiger partial charge is 0.492 e. The summed E-state index contributed by atoms with van der Waals surface area (Å²) in [6, 6.07) is 8.78. The molecule has 0 aromatic heterocycles. The van der Waals surface area contributed by atoms with Gasteiger partial charge in [0.05, 0.1) is 13.2 Å². The van der Waals surface area contributed by atoms with Gasteiger partial charge < -0.3 is 14.8 Å². The van der Waals surface area contributed by atoms with Gasteiger partial charge in [0, 0.05) is 25.7 Å². The first-order valence-corrected chi connectivity index (χ1v) is 7.56. The molecule has 1 aliphatic rings. The molecule has 20 heavy (non-hydrogen) atoms. The molecule has 1 fully saturated rings. The number of hydrogen-bond acceptors (Lipinski definition) is 4. The molecular weight excluding hydrogens is 252 g/mol. The SMILES string of the molecule is CCNC(C)c1ccc(OCCN2CCOCC2)cc1. The molecule has 1 heterocycles. The van der Waals surface area contributed by atoms with E-state index in [-0.39, 0.29) is 0 Å². The molecule has 4 nitrogen and oxygen atoms in total. The predicted octanol–water partition coefficient (Wildman–Crippen LogP) is 2.07. The van der Waals surface area contributed by atoms with Crippen LogP contribution < -0.4 is 10.1 Å². The Morgan fingerprint density at radius 3 is 2.60 bits per heavy atom. The van der Waals surface area contributed by atoms with E-state index in [1.807, 2.05) is 0 Å². The molecule has 1 unspecified atom stereocenters. The van der Waals surface area contributed by atoms with Gasteiger partial charge in [-0.05, 0) is 31.2 Å². The topological polar surface area (TPSA) is 33.7 Å². The van der Waals surface area contributed by atoms with Crippen LogP contribution in [0.2, 0.25) is 0 Å². The maximum atomic E-state index is 5.80. The molecule has 0 radical (unpaired) electrons. The Labute approximate surface area is 122 Å². The van der Waals surface area contributed by atoms with Crippen LogP contribution in [0.3, 0.4) is 0 Å². The van der Waals surface area contributed by atoms with Crippen molar-refractivity contribution in [3.63, 3.8) is 0 Å². The van der Waals surface area contributed by atoms with Crippen LogP contribution in [-0.4, -0.2) is 50.9 Å². The maximum absolute atomic E-state index is 5.80. The molecule has 1 aromatic rings. The van der Waals surface area contributed by atoms with Gasteiger partial charge in [-0.3, -0.25) is 4.90 Å². The predicted molar refractivity (Wildman–Crippen MR) is 81.3 cm³/mol. The van der Waals surface area contributed by atoms with E-state index in [0.29, 0.717) is 6.04 Å². The van der Waals surface area contributed by atoms with Crippen LogP contribution in [0.5, 0.6) is 5.75 Å². The van der Waals surface area contributed by atoms with Gasteiger partial charge in [-0.25, -0.2) is 0 Å². The highest BCUT2D eigenvalue weighted by Crippen LogP contribution is 2.17. The molecule has 1 N–H and O–H groups in total. The summed E-state index contributed by atoms with van der Waals surface area (Å²) in [5, 5.41) is 3.41. The summed E-state index contributed by atoms with van der Waals surface area (Å²) in [6.07, 6.45) is 0. The normalized spacial score (nSPS) is 17.9. The zero-order valence-corrected chi connectivity index (χ0v) is 12.6. The molecule has 1 atom stereocenters. The smallest absolute Gasteiger partial charge is 0.119 e. The summed E-state index contributed by atoms with van der Waals surface area (Å²) in [4.78, 5) is 2.38. The number of nitrogens with zero attached hydrogens (tertiary/aromatic N) is 1. The molecule has 0 saturated carbocycles. The first-order chi connectivity index (χ1) is 9.79. The standard InChI is InChI=1S/C16H26N2O2/c1-3-17-14(2)15-4-6-16(7-5-15)20-13-10-18-8-11-19-12-9-18/h4-7,14,17H,3,8-13H2,1-2H3. The number of rotatable bonds is 7. The third-order valence-corrected chi connectivity index (χ3v) is 3.67. The summed E-state index contributed by atoms with van der Waals surface area (Å²) in [5.41, 5.74) is 1.30. The van der Waals surface area contributed by atoms with Crippen LogP contribution in [-0.2, 0) is 4.74 Å². The van der Waals surface area contributed by atoms with Crippen molar-refractivity contribution in [3.05, 3.63) is 29.8 Å². The van der Waals surface area contributed by atoms with E-state index in [0.717, 1.165) is 51.7 Å². The minimum Gasteiger partial charge on any atom is -0.492 e. The quantitative estimate of drug-likeness (QED) is 0.828. The second kappa shape index (κ2) is 8.25. The third kappa shape index (κ3) is 4.78. The van der Waals surface area contributed by atoms with Crippen molar-refractivity contribution in [2.45, 2.75) is 19.9 Å². The zero-order chi connectivity index (χ0) is 14.2. The average Bonchev–Trinajstić information content (AvgIpc) is 2.49. The lowest BCUT2D eigenvalue weighted by molar-refractivity contribution is 0.0322. The van der Waals surface area contributed by atoms with E-state index in [9.17, 15) is 0 Å². The molecule has 0 bridgehead atoms. The molecule has 1 aliphatic heterocycles. The maximum Gasteiger partial charge on any atom is 0.119 e. The first-order valence-electron chi connectivity index (χ1n) is 7.56. The highest BCUT2D eigenvalue weighted by Gasteiger charge is 2.09. The van der Waals surface area contributed by atoms with Crippen molar-refractivity contribution in [2.24, 2.45) is 0 Å². The molecule has 1 saturated heterocycles. The molecule has 0 aliphatic carbocycles. The van der Waals surface area contributed by atoms with Gasteiger partial charge in [0.25, 0.3) is 0 Å². The van der Waals surface area contributed by atoms with Crippen molar-refractivity contribution < 1.29 is 9.47 Å². The first kappa shape index (κ1) is 15.3. The van der Waals surface area contributed by atoms with Crippen molar-refractivity contribution in [1.82, 2.24) is 10.2 Å². The monoisotopic (exact) mass is 278 g/mol. The van der Waals surface area contributed by atoms with E-state index >= 15 is 0 Å². The minimum atomic E-state index is 0.391. The number of benzene rings is 1. The molecule has 4 heteroatoms. The second-order valence-electron chi connectivity index (χ2n) is 5.15. The highest BCUT2D eigenvalue weighted by atomic mass is 16.5. The van der Waals surface area contributed by atoms with Crippen LogP contribution in [0.4, 0.5) is 0 Å². The fourth-order valence-electron chi connectivity index (χ4n) is 2.39. The summed E-state index contributed by atoms with van der Waals surface area (Å²) in [6.45, 7) is 10.7. The van der Waals surface area contributed by atoms with E-state index in [1.165, 1.54) is 5.56 Å². The van der Waals surface area contributed by atoms with Crippen LogP contribution in [0.1, 0.15) is 25.5 Å². The Morgan fingerprint density at radius 1 is 1.25 bits per heavy atom. The molecule has 0 spiro atoms. The number of ether oxygens (including phenoxy) is 2. The Hall–Kier alpha value is -1.10. The Morgan fingerprint density at radius 2 is 1.95 bits per heavy atom. The lowest BCUT2D eigenvalue weighted by atomic mass is 10.1. The van der Waals surface area contributed by atoms with Crippen molar-refractivity contribution in [3.8, 4) is 5.75 Å².